The second-order valence-corrected chi connectivity index (χ2v) is 6.01. The second kappa shape index (κ2) is 5.87. The minimum atomic E-state index is -0.0654. The molecule has 1 fully saturated rings. The first-order valence-electron chi connectivity index (χ1n) is 6.76. The Morgan fingerprint density at radius 3 is 3.15 bits per heavy atom. The van der Waals surface area contributed by atoms with Crippen molar-refractivity contribution in [3.05, 3.63) is 24.3 Å². The van der Waals surface area contributed by atoms with E-state index in [0.717, 1.165) is 29.6 Å². The number of rotatable bonds is 4. The molecule has 3 rings (SSSR count). The van der Waals surface area contributed by atoms with Gasteiger partial charge in [0.25, 0.3) is 0 Å². The number of thiazole rings is 1. The van der Waals surface area contributed by atoms with Gasteiger partial charge in [-0.05, 0) is 31.5 Å². The van der Waals surface area contributed by atoms with Crippen LogP contribution >= 0.6 is 11.3 Å². The summed E-state index contributed by atoms with van der Waals surface area (Å²) < 4.78 is 1.07. The van der Waals surface area contributed by atoms with Crippen molar-refractivity contribution in [3.8, 4) is 0 Å². The summed E-state index contributed by atoms with van der Waals surface area (Å²) in [6.45, 7) is 1.31. The molecule has 1 amide bonds. The SMILES string of the molecule is O=C(CN1CCC[C@H]1CO)Nc1nc2ccccc2s1. The highest BCUT2D eigenvalue weighted by Crippen LogP contribution is 2.25. The highest BCUT2D eigenvalue weighted by atomic mass is 32.1. The topological polar surface area (TPSA) is 65.5 Å². The standard InChI is InChI=1S/C14H17N3O2S/c18-9-10-4-3-7-17(10)8-13(19)16-14-15-11-5-1-2-6-12(11)20-14/h1-2,5-6,10,18H,3-4,7-9H2,(H,15,16,19)/t10-/m0/s1. The molecule has 2 heterocycles. The first kappa shape index (κ1) is 13.5. The van der Waals surface area contributed by atoms with Gasteiger partial charge in [-0.1, -0.05) is 23.5 Å². The zero-order chi connectivity index (χ0) is 13.9. The van der Waals surface area contributed by atoms with Gasteiger partial charge in [0.1, 0.15) is 0 Å². The van der Waals surface area contributed by atoms with Crippen molar-refractivity contribution in [2.75, 3.05) is 25.0 Å². The maximum atomic E-state index is 12.0. The largest absolute Gasteiger partial charge is 0.395 e. The van der Waals surface area contributed by atoms with Crippen LogP contribution in [0, 0.1) is 0 Å². The molecule has 2 N–H and O–H groups in total. The summed E-state index contributed by atoms with van der Waals surface area (Å²) >= 11 is 1.48. The van der Waals surface area contributed by atoms with Gasteiger partial charge in [-0.15, -0.1) is 0 Å². The number of benzene rings is 1. The highest BCUT2D eigenvalue weighted by molar-refractivity contribution is 7.22. The molecule has 1 atom stereocenters. The summed E-state index contributed by atoms with van der Waals surface area (Å²) in [7, 11) is 0. The fourth-order valence-electron chi connectivity index (χ4n) is 2.58. The van der Waals surface area contributed by atoms with Crippen LogP contribution < -0.4 is 5.32 Å². The van der Waals surface area contributed by atoms with E-state index in [9.17, 15) is 9.90 Å². The van der Waals surface area contributed by atoms with Crippen LogP contribution in [0.1, 0.15) is 12.8 Å². The van der Waals surface area contributed by atoms with Crippen LogP contribution in [0.25, 0.3) is 10.2 Å². The van der Waals surface area contributed by atoms with Crippen LogP contribution in [0.5, 0.6) is 0 Å². The van der Waals surface area contributed by atoms with Crippen LogP contribution in [0.4, 0.5) is 5.13 Å². The molecule has 5 nitrogen and oxygen atoms in total. The summed E-state index contributed by atoms with van der Waals surface area (Å²) in [5, 5.41) is 12.7. The zero-order valence-corrected chi connectivity index (χ0v) is 11.9. The quantitative estimate of drug-likeness (QED) is 0.899. The number of aliphatic hydroxyl groups is 1. The van der Waals surface area contributed by atoms with Gasteiger partial charge >= 0.3 is 0 Å². The lowest BCUT2D eigenvalue weighted by Crippen LogP contribution is -2.38. The molecule has 1 aromatic carbocycles. The van der Waals surface area contributed by atoms with E-state index >= 15 is 0 Å². The Bertz CT molecular complexity index is 580. The molecule has 0 bridgehead atoms. The first-order valence-corrected chi connectivity index (χ1v) is 7.58. The van der Waals surface area contributed by atoms with Crippen LogP contribution in [-0.2, 0) is 4.79 Å². The summed E-state index contributed by atoms with van der Waals surface area (Å²) in [6, 6.07) is 7.94. The number of hydrogen-bond acceptors (Lipinski definition) is 5. The maximum absolute atomic E-state index is 12.0. The Morgan fingerprint density at radius 1 is 1.50 bits per heavy atom. The van der Waals surface area contributed by atoms with Gasteiger partial charge in [0, 0.05) is 6.04 Å². The van der Waals surface area contributed by atoms with Gasteiger partial charge in [0.05, 0.1) is 23.4 Å². The van der Waals surface area contributed by atoms with Crippen molar-refractivity contribution in [1.29, 1.82) is 0 Å². The van der Waals surface area contributed by atoms with Crippen molar-refractivity contribution < 1.29 is 9.90 Å². The number of nitrogens with zero attached hydrogens (tertiary/aromatic N) is 2. The lowest BCUT2D eigenvalue weighted by Gasteiger charge is -2.21. The van der Waals surface area contributed by atoms with Crippen molar-refractivity contribution >= 4 is 32.6 Å². The number of aromatic nitrogens is 1. The number of anilines is 1. The molecule has 1 aliphatic rings. The number of carbonyl (C=O) groups excluding carboxylic acids is 1. The molecule has 1 aliphatic heterocycles. The summed E-state index contributed by atoms with van der Waals surface area (Å²) in [5.74, 6) is -0.0654. The van der Waals surface area contributed by atoms with Crippen LogP contribution in [0.3, 0.4) is 0 Å². The Hall–Kier alpha value is -1.50. The molecule has 20 heavy (non-hydrogen) atoms. The van der Waals surface area contributed by atoms with E-state index < -0.39 is 0 Å². The molecule has 1 saturated heterocycles. The van der Waals surface area contributed by atoms with E-state index in [1.54, 1.807) is 0 Å². The van der Waals surface area contributed by atoms with Gasteiger partial charge in [0.2, 0.25) is 5.91 Å². The molecule has 0 saturated carbocycles. The Balaban J connectivity index is 1.63. The average Bonchev–Trinajstić information content (AvgIpc) is 3.03. The number of aliphatic hydroxyl groups excluding tert-OH is 1. The van der Waals surface area contributed by atoms with Gasteiger partial charge in [-0.2, -0.15) is 0 Å². The van der Waals surface area contributed by atoms with Gasteiger partial charge < -0.3 is 10.4 Å². The monoisotopic (exact) mass is 291 g/mol. The molecule has 0 aliphatic carbocycles. The predicted octanol–water partition coefficient (Wildman–Crippen LogP) is 1.69. The third kappa shape index (κ3) is 2.82. The third-order valence-electron chi connectivity index (χ3n) is 3.60. The number of likely N-dealkylation sites (tertiary alicyclic amines) is 1. The molecule has 6 heteroatoms. The van der Waals surface area contributed by atoms with Crippen molar-refractivity contribution in [2.45, 2.75) is 18.9 Å². The van der Waals surface area contributed by atoms with E-state index in [2.05, 4.69) is 10.3 Å². The van der Waals surface area contributed by atoms with Crippen LogP contribution in [-0.4, -0.2) is 46.6 Å². The van der Waals surface area contributed by atoms with E-state index in [1.807, 2.05) is 29.2 Å². The summed E-state index contributed by atoms with van der Waals surface area (Å²) in [4.78, 5) is 18.5. The highest BCUT2D eigenvalue weighted by Gasteiger charge is 2.25. The molecule has 2 aromatic rings. The van der Waals surface area contributed by atoms with Crippen LogP contribution in [0.15, 0.2) is 24.3 Å². The minimum absolute atomic E-state index is 0.0654. The van der Waals surface area contributed by atoms with Gasteiger partial charge in [-0.25, -0.2) is 4.98 Å². The number of hydrogen-bond donors (Lipinski definition) is 2. The molecule has 106 valence electrons. The molecular weight excluding hydrogens is 274 g/mol. The lowest BCUT2D eigenvalue weighted by atomic mass is 10.2. The number of nitrogens with one attached hydrogen (secondary N) is 1. The second-order valence-electron chi connectivity index (χ2n) is 4.98. The fourth-order valence-corrected chi connectivity index (χ4v) is 3.46. The first-order chi connectivity index (χ1) is 9.76. The van der Waals surface area contributed by atoms with Gasteiger partial charge in [0.15, 0.2) is 5.13 Å². The Kier molecular flexibility index (Phi) is 3.95. The zero-order valence-electron chi connectivity index (χ0n) is 11.1. The number of amides is 1. The fraction of sp³-hybridized carbons (Fsp3) is 0.429. The van der Waals surface area contributed by atoms with E-state index in [-0.39, 0.29) is 18.6 Å². The summed E-state index contributed by atoms with van der Waals surface area (Å²) in [6.07, 6.45) is 2.00. The Labute approximate surface area is 121 Å². The van der Waals surface area contributed by atoms with Crippen molar-refractivity contribution in [1.82, 2.24) is 9.88 Å². The lowest BCUT2D eigenvalue weighted by molar-refractivity contribution is -0.117. The molecule has 0 unspecified atom stereocenters. The average molecular weight is 291 g/mol. The van der Waals surface area contributed by atoms with Crippen LogP contribution in [0.2, 0.25) is 0 Å². The number of fused-ring (bicyclic) bond motifs is 1. The number of para-hydroxylation sites is 1. The van der Waals surface area contributed by atoms with E-state index in [4.69, 9.17) is 0 Å². The maximum Gasteiger partial charge on any atom is 0.240 e. The molecule has 0 spiro atoms. The predicted molar refractivity (Wildman–Crippen MR) is 79.9 cm³/mol. The van der Waals surface area contributed by atoms with Gasteiger partial charge in [-0.3, -0.25) is 9.69 Å². The van der Waals surface area contributed by atoms with E-state index in [0.29, 0.717) is 11.7 Å². The molecular formula is C14H17N3O2S. The summed E-state index contributed by atoms with van der Waals surface area (Å²) in [5.41, 5.74) is 0.905. The van der Waals surface area contributed by atoms with Crippen molar-refractivity contribution in [2.24, 2.45) is 0 Å². The normalized spacial score (nSPS) is 19.6. The Morgan fingerprint density at radius 2 is 2.35 bits per heavy atom. The number of carbonyl (C=O) groups is 1. The smallest absolute Gasteiger partial charge is 0.240 e. The third-order valence-corrected chi connectivity index (χ3v) is 4.55. The van der Waals surface area contributed by atoms with Crippen molar-refractivity contribution in [3.63, 3.8) is 0 Å². The minimum Gasteiger partial charge on any atom is -0.395 e. The molecule has 1 aromatic heterocycles. The molecule has 0 radical (unpaired) electrons. The van der Waals surface area contributed by atoms with E-state index in [1.165, 1.54) is 11.3 Å².